The summed E-state index contributed by atoms with van der Waals surface area (Å²) in [6, 6.07) is 8.24. The molecular formula is C14H13BrN2O5S. The molecule has 23 heavy (non-hydrogen) atoms. The zero-order valence-electron chi connectivity index (χ0n) is 12.2. The van der Waals surface area contributed by atoms with Gasteiger partial charge in [-0.2, -0.15) is 0 Å². The van der Waals surface area contributed by atoms with Crippen molar-refractivity contribution in [2.75, 3.05) is 11.8 Å². The van der Waals surface area contributed by atoms with Gasteiger partial charge in [0.1, 0.15) is 5.75 Å². The van der Waals surface area contributed by atoms with Gasteiger partial charge in [0.25, 0.3) is 15.7 Å². The number of nitrogens with one attached hydrogen (secondary N) is 1. The van der Waals surface area contributed by atoms with Crippen LogP contribution < -0.4 is 9.46 Å². The average molecular weight is 401 g/mol. The molecule has 0 aliphatic carbocycles. The second kappa shape index (κ2) is 6.55. The van der Waals surface area contributed by atoms with Crippen LogP contribution in [0.4, 0.5) is 11.4 Å². The van der Waals surface area contributed by atoms with Crippen molar-refractivity contribution in [2.24, 2.45) is 0 Å². The molecule has 0 aromatic heterocycles. The summed E-state index contributed by atoms with van der Waals surface area (Å²) in [7, 11) is -2.55. The number of non-ortho nitro benzene ring substituents is 1. The van der Waals surface area contributed by atoms with Gasteiger partial charge in [0.05, 0.1) is 22.6 Å². The lowest BCUT2D eigenvalue weighted by Gasteiger charge is -2.12. The van der Waals surface area contributed by atoms with E-state index in [4.69, 9.17) is 4.74 Å². The normalized spacial score (nSPS) is 11.1. The number of methoxy groups -OCH3 is 1. The predicted molar refractivity (Wildman–Crippen MR) is 89.3 cm³/mol. The molecule has 122 valence electrons. The van der Waals surface area contributed by atoms with Gasteiger partial charge in [0.15, 0.2) is 0 Å². The van der Waals surface area contributed by atoms with Crippen LogP contribution in [-0.2, 0) is 10.0 Å². The third-order valence-corrected chi connectivity index (χ3v) is 5.33. The number of nitrogens with zero attached hydrogens (tertiary/aromatic N) is 1. The number of ether oxygens (including phenoxy) is 1. The van der Waals surface area contributed by atoms with Crippen LogP contribution in [0.1, 0.15) is 5.56 Å². The van der Waals surface area contributed by atoms with Crippen molar-refractivity contribution in [3.63, 3.8) is 0 Å². The first-order valence-corrected chi connectivity index (χ1v) is 8.63. The predicted octanol–water partition coefficient (Wildman–Crippen LogP) is 3.48. The smallest absolute Gasteiger partial charge is 0.271 e. The highest BCUT2D eigenvalue weighted by atomic mass is 79.9. The van der Waals surface area contributed by atoms with Gasteiger partial charge in [0.2, 0.25) is 0 Å². The molecule has 9 heteroatoms. The van der Waals surface area contributed by atoms with E-state index in [2.05, 4.69) is 20.7 Å². The number of nitro benzene ring substituents is 1. The fraction of sp³-hybridized carbons (Fsp3) is 0.143. The van der Waals surface area contributed by atoms with Gasteiger partial charge in [-0.3, -0.25) is 14.8 Å². The highest BCUT2D eigenvalue weighted by molar-refractivity contribution is 9.10. The van der Waals surface area contributed by atoms with Crippen molar-refractivity contribution >= 4 is 37.3 Å². The molecule has 2 aromatic carbocycles. The fourth-order valence-corrected chi connectivity index (χ4v) is 3.27. The third-order valence-electron chi connectivity index (χ3n) is 3.08. The Morgan fingerprint density at radius 3 is 2.48 bits per heavy atom. The van der Waals surface area contributed by atoms with Crippen LogP contribution >= 0.6 is 15.9 Å². The molecule has 1 N–H and O–H groups in total. The topological polar surface area (TPSA) is 98.5 Å². The lowest BCUT2D eigenvalue weighted by Crippen LogP contribution is -2.14. The van der Waals surface area contributed by atoms with Crippen LogP contribution in [0.25, 0.3) is 0 Å². The second-order valence-electron chi connectivity index (χ2n) is 4.66. The number of rotatable bonds is 5. The van der Waals surface area contributed by atoms with E-state index in [1.54, 1.807) is 13.0 Å². The molecular weight excluding hydrogens is 388 g/mol. The maximum atomic E-state index is 12.5. The standard InChI is InChI=1S/C14H13BrN2O5S/c1-9-7-11(4-5-12(9)15)23(20,21)16-13-8-10(17(18)19)3-6-14(13)22-2/h3-8,16H,1-2H3. The van der Waals surface area contributed by atoms with Crippen LogP contribution in [0.3, 0.4) is 0 Å². The molecule has 0 spiro atoms. The quantitative estimate of drug-likeness (QED) is 0.611. The zero-order chi connectivity index (χ0) is 17.2. The van der Waals surface area contributed by atoms with Crippen LogP contribution in [-0.4, -0.2) is 20.5 Å². The number of aryl methyl sites for hydroxylation is 1. The Kier molecular flexibility index (Phi) is 4.90. The molecule has 2 aromatic rings. The summed E-state index contributed by atoms with van der Waals surface area (Å²) >= 11 is 3.30. The van der Waals surface area contributed by atoms with E-state index in [0.717, 1.165) is 16.1 Å². The van der Waals surface area contributed by atoms with Crippen LogP contribution in [0.5, 0.6) is 5.75 Å². The Morgan fingerprint density at radius 2 is 1.91 bits per heavy atom. The van der Waals surface area contributed by atoms with Crippen molar-refractivity contribution in [1.82, 2.24) is 0 Å². The first kappa shape index (κ1) is 17.2. The van der Waals surface area contributed by atoms with Crippen molar-refractivity contribution in [1.29, 1.82) is 0 Å². The van der Waals surface area contributed by atoms with Crippen LogP contribution in [0.15, 0.2) is 45.8 Å². The molecule has 0 unspecified atom stereocenters. The highest BCUT2D eigenvalue weighted by Gasteiger charge is 2.19. The summed E-state index contributed by atoms with van der Waals surface area (Å²) in [6.07, 6.45) is 0. The molecule has 0 fully saturated rings. The first-order valence-electron chi connectivity index (χ1n) is 6.36. The SMILES string of the molecule is COc1ccc([N+](=O)[O-])cc1NS(=O)(=O)c1ccc(Br)c(C)c1. The molecule has 0 saturated carbocycles. The van der Waals surface area contributed by atoms with Crippen molar-refractivity contribution in [2.45, 2.75) is 11.8 Å². The van der Waals surface area contributed by atoms with E-state index in [9.17, 15) is 18.5 Å². The monoisotopic (exact) mass is 400 g/mol. The van der Waals surface area contributed by atoms with Crippen LogP contribution in [0, 0.1) is 17.0 Å². The Bertz CT molecular complexity index is 867. The Hall–Kier alpha value is -2.13. The van der Waals surface area contributed by atoms with E-state index >= 15 is 0 Å². The zero-order valence-corrected chi connectivity index (χ0v) is 14.6. The third kappa shape index (κ3) is 3.80. The molecule has 0 bridgehead atoms. The molecule has 0 radical (unpaired) electrons. The van der Waals surface area contributed by atoms with Gasteiger partial charge < -0.3 is 4.74 Å². The summed E-state index contributed by atoms with van der Waals surface area (Å²) < 4.78 is 33.1. The first-order chi connectivity index (χ1) is 10.7. The highest BCUT2D eigenvalue weighted by Crippen LogP contribution is 2.31. The Balaban J connectivity index is 2.45. The van der Waals surface area contributed by atoms with E-state index in [1.165, 1.54) is 31.4 Å². The van der Waals surface area contributed by atoms with Gasteiger partial charge in [-0.05, 0) is 36.8 Å². The minimum absolute atomic E-state index is 0.00210. The summed E-state index contributed by atoms with van der Waals surface area (Å²) in [4.78, 5) is 10.3. The van der Waals surface area contributed by atoms with Gasteiger partial charge in [0, 0.05) is 16.6 Å². The number of hydrogen-bond acceptors (Lipinski definition) is 5. The Morgan fingerprint density at radius 1 is 1.22 bits per heavy atom. The Labute approximate surface area is 141 Å². The lowest BCUT2D eigenvalue weighted by atomic mass is 10.2. The molecule has 0 saturated heterocycles. The molecule has 2 rings (SSSR count). The number of anilines is 1. The minimum Gasteiger partial charge on any atom is -0.495 e. The average Bonchev–Trinajstić information content (AvgIpc) is 2.49. The largest absolute Gasteiger partial charge is 0.495 e. The number of benzene rings is 2. The van der Waals surface area contributed by atoms with E-state index in [0.29, 0.717) is 0 Å². The number of halogens is 1. The summed E-state index contributed by atoms with van der Waals surface area (Å²) in [5.41, 5.74) is 0.511. The van der Waals surface area contributed by atoms with Gasteiger partial charge in [-0.15, -0.1) is 0 Å². The molecule has 0 aliphatic rings. The number of sulfonamides is 1. The number of nitro groups is 1. The summed E-state index contributed by atoms with van der Waals surface area (Å²) in [5, 5.41) is 10.9. The van der Waals surface area contributed by atoms with Crippen molar-refractivity contribution < 1.29 is 18.1 Å². The molecule has 7 nitrogen and oxygen atoms in total. The fourth-order valence-electron chi connectivity index (χ4n) is 1.88. The van der Waals surface area contributed by atoms with E-state index in [-0.39, 0.29) is 22.0 Å². The minimum atomic E-state index is -3.90. The van der Waals surface area contributed by atoms with Gasteiger partial charge >= 0.3 is 0 Å². The van der Waals surface area contributed by atoms with Gasteiger partial charge in [-0.1, -0.05) is 15.9 Å². The van der Waals surface area contributed by atoms with Crippen LogP contribution in [0.2, 0.25) is 0 Å². The molecule has 0 heterocycles. The molecule has 0 aliphatic heterocycles. The number of hydrogen-bond donors (Lipinski definition) is 1. The molecule has 0 amide bonds. The maximum Gasteiger partial charge on any atom is 0.271 e. The van der Waals surface area contributed by atoms with Gasteiger partial charge in [-0.25, -0.2) is 8.42 Å². The molecule has 0 atom stereocenters. The van der Waals surface area contributed by atoms with E-state index < -0.39 is 14.9 Å². The summed E-state index contributed by atoms with van der Waals surface area (Å²) in [5.74, 6) is 0.188. The summed E-state index contributed by atoms with van der Waals surface area (Å²) in [6.45, 7) is 1.76. The second-order valence-corrected chi connectivity index (χ2v) is 7.19. The van der Waals surface area contributed by atoms with E-state index in [1.807, 2.05) is 0 Å². The van der Waals surface area contributed by atoms with Crippen molar-refractivity contribution in [3.05, 3.63) is 56.5 Å². The van der Waals surface area contributed by atoms with Crippen molar-refractivity contribution in [3.8, 4) is 5.75 Å². The maximum absolute atomic E-state index is 12.5. The lowest BCUT2D eigenvalue weighted by molar-refractivity contribution is -0.384.